The number of hydrogen-bond donors (Lipinski definition) is 1. The van der Waals surface area contributed by atoms with E-state index < -0.39 is 12.7 Å². The van der Waals surface area contributed by atoms with E-state index in [2.05, 4.69) is 5.32 Å². The zero-order valence-corrected chi connectivity index (χ0v) is 7.41. The van der Waals surface area contributed by atoms with Crippen LogP contribution in [0.15, 0.2) is 0 Å². The average molecular weight is 184 g/mol. The Morgan fingerprint density at radius 2 is 1.92 bits per heavy atom. The van der Waals surface area contributed by atoms with Crippen LogP contribution in [-0.2, 0) is 0 Å². The van der Waals surface area contributed by atoms with Crippen molar-refractivity contribution < 1.29 is 13.2 Å². The third-order valence-corrected chi connectivity index (χ3v) is 1.53. The summed E-state index contributed by atoms with van der Waals surface area (Å²) in [6.07, 6.45) is -4.08. The number of nitrogens with one attached hydrogen (secondary N) is 1. The lowest BCUT2D eigenvalue weighted by Crippen LogP contribution is -2.37. The van der Waals surface area contributed by atoms with Crippen molar-refractivity contribution in [2.45, 2.75) is 13.1 Å². The summed E-state index contributed by atoms with van der Waals surface area (Å²) in [5.74, 6) is 0. The Morgan fingerprint density at radius 1 is 1.33 bits per heavy atom. The molecule has 0 aromatic rings. The van der Waals surface area contributed by atoms with E-state index in [9.17, 15) is 13.2 Å². The van der Waals surface area contributed by atoms with Crippen molar-refractivity contribution in [3.63, 3.8) is 0 Å². The Labute approximate surface area is 70.7 Å². The molecule has 0 saturated carbocycles. The first-order valence-electron chi connectivity index (χ1n) is 3.93. The Kier molecular flexibility index (Phi) is 5.24. The molecule has 0 radical (unpaired) electrons. The van der Waals surface area contributed by atoms with Gasteiger partial charge in [-0.05, 0) is 13.6 Å². The molecule has 0 atom stereocenters. The van der Waals surface area contributed by atoms with Gasteiger partial charge in [-0.1, -0.05) is 6.92 Å². The Morgan fingerprint density at radius 3 is 2.25 bits per heavy atom. The van der Waals surface area contributed by atoms with Crippen molar-refractivity contribution in [2.75, 3.05) is 33.2 Å². The number of halogens is 3. The number of rotatable bonds is 5. The van der Waals surface area contributed by atoms with E-state index in [0.29, 0.717) is 19.6 Å². The van der Waals surface area contributed by atoms with E-state index in [0.717, 1.165) is 0 Å². The topological polar surface area (TPSA) is 15.3 Å². The van der Waals surface area contributed by atoms with Gasteiger partial charge in [-0.25, -0.2) is 0 Å². The fraction of sp³-hybridized carbons (Fsp3) is 1.00. The second-order valence-corrected chi connectivity index (χ2v) is 2.59. The standard InChI is InChI=1S/C7H15F3N2/c1-3-12(5-4-11-2)6-7(8,9)10/h11H,3-6H2,1-2H3. The lowest BCUT2D eigenvalue weighted by Gasteiger charge is -2.21. The summed E-state index contributed by atoms with van der Waals surface area (Å²) in [6, 6.07) is 0. The minimum atomic E-state index is -4.08. The summed E-state index contributed by atoms with van der Waals surface area (Å²) in [5.41, 5.74) is 0. The van der Waals surface area contributed by atoms with E-state index in [1.165, 1.54) is 4.90 Å². The molecule has 12 heavy (non-hydrogen) atoms. The molecule has 0 fully saturated rings. The van der Waals surface area contributed by atoms with E-state index in [1.807, 2.05) is 0 Å². The van der Waals surface area contributed by atoms with E-state index >= 15 is 0 Å². The maximum Gasteiger partial charge on any atom is 0.401 e. The highest BCUT2D eigenvalue weighted by atomic mass is 19.4. The lowest BCUT2D eigenvalue weighted by molar-refractivity contribution is -0.145. The van der Waals surface area contributed by atoms with Crippen molar-refractivity contribution in [1.82, 2.24) is 10.2 Å². The minimum absolute atomic E-state index is 0.432. The van der Waals surface area contributed by atoms with Gasteiger partial charge in [0, 0.05) is 13.1 Å². The van der Waals surface area contributed by atoms with Crippen molar-refractivity contribution in [1.29, 1.82) is 0 Å². The van der Waals surface area contributed by atoms with Crippen LogP contribution in [0.1, 0.15) is 6.92 Å². The van der Waals surface area contributed by atoms with Gasteiger partial charge in [0.15, 0.2) is 0 Å². The molecule has 0 aliphatic carbocycles. The molecule has 0 rings (SSSR count). The van der Waals surface area contributed by atoms with Gasteiger partial charge in [0.25, 0.3) is 0 Å². The third-order valence-electron chi connectivity index (χ3n) is 1.53. The Bertz CT molecular complexity index is 114. The molecule has 0 bridgehead atoms. The van der Waals surface area contributed by atoms with Gasteiger partial charge in [0.05, 0.1) is 6.54 Å². The molecule has 0 heterocycles. The van der Waals surface area contributed by atoms with Crippen LogP contribution in [0, 0.1) is 0 Å². The highest BCUT2D eigenvalue weighted by Crippen LogP contribution is 2.15. The molecule has 0 amide bonds. The minimum Gasteiger partial charge on any atom is -0.318 e. The smallest absolute Gasteiger partial charge is 0.318 e. The highest BCUT2D eigenvalue weighted by Gasteiger charge is 2.29. The van der Waals surface area contributed by atoms with Crippen LogP contribution in [-0.4, -0.2) is 44.3 Å². The van der Waals surface area contributed by atoms with Gasteiger partial charge >= 0.3 is 6.18 Å². The van der Waals surface area contributed by atoms with Crippen LogP contribution >= 0.6 is 0 Å². The van der Waals surface area contributed by atoms with Gasteiger partial charge < -0.3 is 5.32 Å². The fourth-order valence-corrected chi connectivity index (χ4v) is 0.872. The second-order valence-electron chi connectivity index (χ2n) is 2.59. The molecule has 0 spiro atoms. The third kappa shape index (κ3) is 6.42. The molecule has 2 nitrogen and oxygen atoms in total. The second kappa shape index (κ2) is 5.37. The molecule has 5 heteroatoms. The molecule has 0 saturated heterocycles. The zero-order chi connectivity index (χ0) is 9.61. The molecule has 0 aromatic carbocycles. The van der Waals surface area contributed by atoms with Gasteiger partial charge in [0.2, 0.25) is 0 Å². The normalized spacial score (nSPS) is 12.5. The molecule has 74 valence electrons. The molecular weight excluding hydrogens is 169 g/mol. The van der Waals surface area contributed by atoms with Crippen molar-refractivity contribution in [2.24, 2.45) is 0 Å². The van der Waals surface area contributed by atoms with Gasteiger partial charge in [-0.3, -0.25) is 4.90 Å². The summed E-state index contributed by atoms with van der Waals surface area (Å²) in [5, 5.41) is 2.81. The number of hydrogen-bond acceptors (Lipinski definition) is 2. The summed E-state index contributed by atoms with van der Waals surface area (Å²) < 4.78 is 35.6. The van der Waals surface area contributed by atoms with Crippen LogP contribution < -0.4 is 5.32 Å². The molecule has 0 unspecified atom stereocenters. The van der Waals surface area contributed by atoms with E-state index in [1.54, 1.807) is 14.0 Å². The summed E-state index contributed by atoms with van der Waals surface area (Å²) in [7, 11) is 1.72. The van der Waals surface area contributed by atoms with E-state index in [4.69, 9.17) is 0 Å². The van der Waals surface area contributed by atoms with Gasteiger partial charge in [0.1, 0.15) is 0 Å². The largest absolute Gasteiger partial charge is 0.401 e. The van der Waals surface area contributed by atoms with Gasteiger partial charge in [-0.15, -0.1) is 0 Å². The number of likely N-dealkylation sites (N-methyl/N-ethyl adjacent to an activating group) is 2. The predicted molar refractivity (Wildman–Crippen MR) is 42.1 cm³/mol. The molecule has 0 aromatic heterocycles. The van der Waals surface area contributed by atoms with Crippen LogP contribution in [0.25, 0.3) is 0 Å². The maximum atomic E-state index is 11.9. The van der Waals surface area contributed by atoms with Crippen LogP contribution in [0.3, 0.4) is 0 Å². The van der Waals surface area contributed by atoms with Crippen molar-refractivity contribution >= 4 is 0 Å². The Hall–Kier alpha value is -0.290. The summed E-state index contributed by atoms with van der Waals surface area (Å²) in [6.45, 7) is 2.37. The summed E-state index contributed by atoms with van der Waals surface area (Å²) >= 11 is 0. The monoisotopic (exact) mass is 184 g/mol. The SMILES string of the molecule is CCN(CCNC)CC(F)(F)F. The molecular formula is C7H15F3N2. The number of nitrogens with zero attached hydrogens (tertiary/aromatic N) is 1. The Balaban J connectivity index is 3.67. The quantitative estimate of drug-likeness (QED) is 0.688. The predicted octanol–water partition coefficient (Wildman–Crippen LogP) is 1.09. The number of alkyl halides is 3. The highest BCUT2D eigenvalue weighted by molar-refractivity contribution is 4.62. The van der Waals surface area contributed by atoms with Crippen LogP contribution in [0.2, 0.25) is 0 Å². The van der Waals surface area contributed by atoms with E-state index in [-0.39, 0.29) is 0 Å². The molecule has 0 aliphatic rings. The van der Waals surface area contributed by atoms with Crippen LogP contribution in [0.4, 0.5) is 13.2 Å². The first-order chi connectivity index (χ1) is 5.49. The van der Waals surface area contributed by atoms with Gasteiger partial charge in [-0.2, -0.15) is 13.2 Å². The average Bonchev–Trinajstić information content (AvgIpc) is 1.95. The maximum absolute atomic E-state index is 11.9. The molecule has 1 N–H and O–H groups in total. The fourth-order valence-electron chi connectivity index (χ4n) is 0.872. The summed E-state index contributed by atoms with van der Waals surface area (Å²) in [4.78, 5) is 1.36. The zero-order valence-electron chi connectivity index (χ0n) is 7.41. The molecule has 0 aliphatic heterocycles. The van der Waals surface area contributed by atoms with Crippen molar-refractivity contribution in [3.05, 3.63) is 0 Å². The first kappa shape index (κ1) is 11.7. The first-order valence-corrected chi connectivity index (χ1v) is 3.93. The van der Waals surface area contributed by atoms with Crippen LogP contribution in [0.5, 0.6) is 0 Å². The lowest BCUT2D eigenvalue weighted by atomic mass is 10.4. The van der Waals surface area contributed by atoms with Crippen molar-refractivity contribution in [3.8, 4) is 0 Å².